The van der Waals surface area contributed by atoms with Crippen molar-refractivity contribution < 1.29 is 4.42 Å². The molecule has 7 aromatic carbocycles. The molecule has 0 aliphatic heterocycles. The van der Waals surface area contributed by atoms with Gasteiger partial charge in [-0.1, -0.05) is 109 Å². The van der Waals surface area contributed by atoms with E-state index in [4.69, 9.17) is 4.42 Å². The highest BCUT2D eigenvalue weighted by molar-refractivity contribution is 6.05. The molecule has 0 unspecified atom stereocenters. The van der Waals surface area contributed by atoms with E-state index in [1.165, 1.54) is 0 Å². The van der Waals surface area contributed by atoms with Crippen LogP contribution in [0, 0.1) is 11.3 Å². The van der Waals surface area contributed by atoms with Crippen molar-refractivity contribution in [2.24, 2.45) is 0 Å². The Balaban J connectivity index is 1.08. The number of rotatable bonds is 5. The molecule has 0 amide bonds. The molecule has 2 heterocycles. The molecule has 0 radical (unpaired) electrons. The van der Waals surface area contributed by atoms with Crippen LogP contribution in [0.25, 0.3) is 88.7 Å². The zero-order valence-corrected chi connectivity index (χ0v) is 26.3. The van der Waals surface area contributed by atoms with Crippen LogP contribution in [0.2, 0.25) is 0 Å². The van der Waals surface area contributed by atoms with Crippen molar-refractivity contribution in [3.8, 4) is 62.0 Å². The molecule has 49 heavy (non-hydrogen) atoms. The summed E-state index contributed by atoms with van der Waals surface area (Å²) in [7, 11) is 0. The van der Waals surface area contributed by atoms with Gasteiger partial charge < -0.3 is 4.42 Å². The number of para-hydroxylation sites is 3. The minimum absolute atomic E-state index is 0.612. The highest BCUT2D eigenvalue weighted by atomic mass is 16.3. The van der Waals surface area contributed by atoms with Gasteiger partial charge >= 0.3 is 0 Å². The SMILES string of the molecule is N#Cc1cc(-c2ccc(-c3cccc4cccnc34)cc2)cc(-c2ccc(-c3ccc(-c4nc5ccccc5o4)cc3)c3ccccc23)c1. The number of oxazole rings is 1. The molecular formula is C45H27N3O. The summed E-state index contributed by atoms with van der Waals surface area (Å²) in [6.07, 6.45) is 1.84. The molecule has 0 fully saturated rings. The van der Waals surface area contributed by atoms with E-state index in [0.717, 1.165) is 82.8 Å². The van der Waals surface area contributed by atoms with Gasteiger partial charge in [0.05, 0.1) is 17.1 Å². The van der Waals surface area contributed by atoms with Crippen LogP contribution in [-0.4, -0.2) is 9.97 Å². The van der Waals surface area contributed by atoms with E-state index in [1.54, 1.807) is 0 Å². The minimum atomic E-state index is 0.612. The number of hydrogen-bond donors (Lipinski definition) is 0. The maximum Gasteiger partial charge on any atom is 0.227 e. The monoisotopic (exact) mass is 625 g/mol. The van der Waals surface area contributed by atoms with Crippen LogP contribution < -0.4 is 0 Å². The van der Waals surface area contributed by atoms with Crippen molar-refractivity contribution >= 4 is 32.8 Å². The van der Waals surface area contributed by atoms with Crippen molar-refractivity contribution in [1.29, 1.82) is 5.26 Å². The molecule has 0 atom stereocenters. The number of nitrogens with zero attached hydrogens (tertiary/aromatic N) is 3. The Morgan fingerprint density at radius 3 is 1.88 bits per heavy atom. The molecular weight excluding hydrogens is 599 g/mol. The highest BCUT2D eigenvalue weighted by Gasteiger charge is 2.14. The van der Waals surface area contributed by atoms with Crippen LogP contribution in [0.5, 0.6) is 0 Å². The fourth-order valence-corrected chi connectivity index (χ4v) is 6.78. The number of pyridine rings is 1. The molecule has 0 N–H and O–H groups in total. The Bertz CT molecular complexity index is 2680. The Morgan fingerprint density at radius 2 is 1.12 bits per heavy atom. The largest absolute Gasteiger partial charge is 0.436 e. The summed E-state index contributed by atoms with van der Waals surface area (Å²) in [5, 5.41) is 13.4. The zero-order chi connectivity index (χ0) is 32.7. The molecule has 4 heteroatoms. The van der Waals surface area contributed by atoms with E-state index in [1.807, 2.05) is 48.7 Å². The van der Waals surface area contributed by atoms with Gasteiger partial charge in [0, 0.05) is 22.7 Å². The van der Waals surface area contributed by atoms with Crippen molar-refractivity contribution in [1.82, 2.24) is 9.97 Å². The molecule has 0 spiro atoms. The molecule has 0 bridgehead atoms. The molecule has 9 aromatic rings. The lowest BCUT2D eigenvalue weighted by atomic mass is 9.89. The van der Waals surface area contributed by atoms with Gasteiger partial charge in [-0.05, 0) is 98.2 Å². The predicted molar refractivity (Wildman–Crippen MR) is 199 cm³/mol. The Morgan fingerprint density at radius 1 is 0.490 bits per heavy atom. The first-order chi connectivity index (χ1) is 24.2. The molecule has 0 aliphatic rings. The third-order valence-corrected chi connectivity index (χ3v) is 9.20. The first kappa shape index (κ1) is 28.4. The molecule has 4 nitrogen and oxygen atoms in total. The molecule has 228 valence electrons. The number of nitriles is 1. The van der Waals surface area contributed by atoms with Crippen molar-refractivity contribution in [3.63, 3.8) is 0 Å². The second kappa shape index (κ2) is 11.8. The highest BCUT2D eigenvalue weighted by Crippen LogP contribution is 2.38. The smallest absolute Gasteiger partial charge is 0.227 e. The summed E-state index contributed by atoms with van der Waals surface area (Å²) < 4.78 is 6.00. The molecule has 9 rings (SSSR count). The lowest BCUT2D eigenvalue weighted by molar-refractivity contribution is 0.620. The number of fused-ring (bicyclic) bond motifs is 3. The topological polar surface area (TPSA) is 62.7 Å². The van der Waals surface area contributed by atoms with E-state index < -0.39 is 0 Å². The summed E-state index contributed by atoms with van der Waals surface area (Å²) in [6.45, 7) is 0. The van der Waals surface area contributed by atoms with Crippen LogP contribution >= 0.6 is 0 Å². The number of aromatic nitrogens is 2. The summed E-state index contributed by atoms with van der Waals surface area (Å²) in [4.78, 5) is 9.30. The third-order valence-electron chi connectivity index (χ3n) is 9.20. The van der Waals surface area contributed by atoms with Gasteiger partial charge in [-0.3, -0.25) is 4.98 Å². The Labute approximate surface area is 283 Å². The van der Waals surface area contributed by atoms with E-state index in [-0.39, 0.29) is 0 Å². The summed E-state index contributed by atoms with van der Waals surface area (Å²) >= 11 is 0. The maximum absolute atomic E-state index is 10.1. The lowest BCUT2D eigenvalue weighted by Crippen LogP contribution is -1.89. The van der Waals surface area contributed by atoms with Gasteiger partial charge in [-0.15, -0.1) is 0 Å². The van der Waals surface area contributed by atoms with Crippen LogP contribution in [0.1, 0.15) is 5.56 Å². The van der Waals surface area contributed by atoms with Crippen LogP contribution in [-0.2, 0) is 0 Å². The van der Waals surface area contributed by atoms with Crippen molar-refractivity contribution in [2.75, 3.05) is 0 Å². The predicted octanol–water partition coefficient (Wildman–Crippen LogP) is 11.7. The maximum atomic E-state index is 10.1. The first-order valence-electron chi connectivity index (χ1n) is 16.2. The Kier molecular flexibility index (Phi) is 6.81. The normalized spacial score (nSPS) is 11.2. The second-order valence-electron chi connectivity index (χ2n) is 12.1. The Hall–Kier alpha value is -6.83. The van der Waals surface area contributed by atoms with Gasteiger partial charge in [0.1, 0.15) is 5.52 Å². The summed E-state index contributed by atoms with van der Waals surface area (Å²) in [5.74, 6) is 0.612. The molecule has 0 saturated heterocycles. The van der Waals surface area contributed by atoms with E-state index >= 15 is 0 Å². The van der Waals surface area contributed by atoms with Crippen LogP contribution in [0.3, 0.4) is 0 Å². The third kappa shape index (κ3) is 5.11. The molecule has 2 aromatic heterocycles. The van der Waals surface area contributed by atoms with Gasteiger partial charge in [-0.25, -0.2) is 4.98 Å². The summed E-state index contributed by atoms with van der Waals surface area (Å²) in [6, 6.07) is 56.4. The minimum Gasteiger partial charge on any atom is -0.436 e. The standard InChI is InChI=1S/C45H27N3O/c46-28-29-25-35(30-14-16-32(17-15-30)39-11-5-7-33-8-6-24-47-44(33)39)27-36(26-29)38-23-22-37(40-9-1-2-10-41(38)40)31-18-20-34(21-19-31)45-48-42-12-3-4-13-43(42)49-45/h1-27H. The van der Waals surface area contributed by atoms with Gasteiger partial charge in [0.2, 0.25) is 5.89 Å². The lowest BCUT2D eigenvalue weighted by Gasteiger charge is -2.14. The van der Waals surface area contributed by atoms with E-state index in [9.17, 15) is 5.26 Å². The van der Waals surface area contributed by atoms with Gasteiger partial charge in [-0.2, -0.15) is 5.26 Å². The summed E-state index contributed by atoms with van der Waals surface area (Å²) in [5.41, 5.74) is 12.8. The number of hydrogen-bond acceptors (Lipinski definition) is 4. The average Bonchev–Trinajstić information content (AvgIpc) is 3.62. The van der Waals surface area contributed by atoms with Gasteiger partial charge in [0.15, 0.2) is 5.58 Å². The van der Waals surface area contributed by atoms with Crippen molar-refractivity contribution in [2.45, 2.75) is 0 Å². The molecule has 0 saturated carbocycles. The fraction of sp³-hybridized carbons (Fsp3) is 0. The van der Waals surface area contributed by atoms with E-state index in [0.29, 0.717) is 11.5 Å². The zero-order valence-electron chi connectivity index (χ0n) is 26.3. The second-order valence-corrected chi connectivity index (χ2v) is 12.1. The van der Waals surface area contributed by atoms with Crippen molar-refractivity contribution in [3.05, 3.63) is 169 Å². The first-order valence-corrected chi connectivity index (χ1v) is 16.2. The fourth-order valence-electron chi connectivity index (χ4n) is 6.78. The van der Waals surface area contributed by atoms with Crippen LogP contribution in [0.15, 0.2) is 168 Å². The average molecular weight is 626 g/mol. The van der Waals surface area contributed by atoms with E-state index in [2.05, 4.69) is 131 Å². The van der Waals surface area contributed by atoms with Crippen LogP contribution in [0.4, 0.5) is 0 Å². The quantitative estimate of drug-likeness (QED) is 0.191. The number of benzene rings is 7. The molecule has 0 aliphatic carbocycles. The van der Waals surface area contributed by atoms with Gasteiger partial charge in [0.25, 0.3) is 0 Å².